The van der Waals surface area contributed by atoms with Crippen LogP contribution in [0.2, 0.25) is 0 Å². The zero-order valence-corrected chi connectivity index (χ0v) is 27.6. The smallest absolute Gasteiger partial charge is 0.135 e. The second-order valence-corrected chi connectivity index (χ2v) is 13.3. The van der Waals surface area contributed by atoms with E-state index in [2.05, 4.69) is 179 Å². The van der Waals surface area contributed by atoms with E-state index in [1.807, 2.05) is 12.1 Å². The number of rotatable bonds is 4. The van der Waals surface area contributed by atoms with Crippen LogP contribution in [0.1, 0.15) is 0 Å². The van der Waals surface area contributed by atoms with Crippen LogP contribution in [0.15, 0.2) is 186 Å². The molecule has 0 amide bonds. The monoisotopic (exact) mass is 650 g/mol. The molecule has 3 nitrogen and oxygen atoms in total. The second-order valence-electron chi connectivity index (χ2n) is 13.3. The zero-order chi connectivity index (χ0) is 33.5. The van der Waals surface area contributed by atoms with Gasteiger partial charge < -0.3 is 13.6 Å². The molecule has 3 heteroatoms. The molecule has 11 aromatic rings. The molecule has 0 atom stereocenters. The lowest BCUT2D eigenvalue weighted by molar-refractivity contribution is 0.669. The van der Waals surface area contributed by atoms with Crippen molar-refractivity contribution in [3.8, 4) is 33.6 Å². The molecule has 0 fully saturated rings. The molecule has 0 aliphatic rings. The van der Waals surface area contributed by atoms with E-state index in [-0.39, 0.29) is 0 Å². The molecule has 11 rings (SSSR count). The van der Waals surface area contributed by atoms with Gasteiger partial charge in [-0.1, -0.05) is 121 Å². The summed E-state index contributed by atoms with van der Waals surface area (Å²) in [6.07, 6.45) is 0. The van der Waals surface area contributed by atoms with Crippen LogP contribution in [0.25, 0.3) is 99.2 Å². The Morgan fingerprint density at radius 1 is 0.314 bits per heavy atom. The van der Waals surface area contributed by atoms with Gasteiger partial charge in [-0.15, -0.1) is 0 Å². The van der Waals surface area contributed by atoms with Gasteiger partial charge >= 0.3 is 0 Å². The van der Waals surface area contributed by atoms with E-state index in [0.717, 1.165) is 33.3 Å². The van der Waals surface area contributed by atoms with Crippen molar-refractivity contribution < 1.29 is 4.42 Å². The van der Waals surface area contributed by atoms with E-state index in [0.29, 0.717) is 0 Å². The summed E-state index contributed by atoms with van der Waals surface area (Å²) < 4.78 is 11.0. The summed E-state index contributed by atoms with van der Waals surface area (Å²) in [5.74, 6) is 0. The van der Waals surface area contributed by atoms with Crippen molar-refractivity contribution in [2.75, 3.05) is 0 Å². The number of hydrogen-bond donors (Lipinski definition) is 0. The molecule has 0 saturated heterocycles. The van der Waals surface area contributed by atoms with E-state index in [4.69, 9.17) is 4.42 Å². The number of aromatic nitrogens is 2. The Labute approximate surface area is 293 Å². The molecule has 8 aromatic carbocycles. The van der Waals surface area contributed by atoms with Crippen LogP contribution in [0.4, 0.5) is 0 Å². The largest absolute Gasteiger partial charge is 0.456 e. The maximum absolute atomic E-state index is 6.19. The number of para-hydroxylation sites is 3. The van der Waals surface area contributed by atoms with Crippen LogP contribution in [0.5, 0.6) is 0 Å². The van der Waals surface area contributed by atoms with E-state index >= 15 is 0 Å². The highest BCUT2D eigenvalue weighted by Gasteiger charge is 2.19. The zero-order valence-electron chi connectivity index (χ0n) is 27.6. The molecular formula is C48H30N2O. The quantitative estimate of drug-likeness (QED) is 0.186. The maximum Gasteiger partial charge on any atom is 0.135 e. The number of fused-ring (bicyclic) bond motifs is 9. The number of nitrogens with zero attached hydrogens (tertiary/aromatic N) is 2. The highest BCUT2D eigenvalue weighted by Crippen LogP contribution is 2.42. The first-order chi connectivity index (χ1) is 25.3. The summed E-state index contributed by atoms with van der Waals surface area (Å²) >= 11 is 0. The first-order valence-electron chi connectivity index (χ1n) is 17.4. The predicted octanol–water partition coefficient (Wildman–Crippen LogP) is 13.1. The van der Waals surface area contributed by atoms with Crippen molar-refractivity contribution in [2.45, 2.75) is 0 Å². The predicted molar refractivity (Wildman–Crippen MR) is 213 cm³/mol. The molecule has 0 spiro atoms. The van der Waals surface area contributed by atoms with Gasteiger partial charge in [-0.25, -0.2) is 0 Å². The Morgan fingerprint density at radius 3 is 1.82 bits per heavy atom. The minimum absolute atomic E-state index is 0.902. The SMILES string of the molecule is c1ccc(-c2cccc(-n3c4ccccc4c4ccc(-c5cccc6c5c5ccccc5n6-c5ccc6oc7ccccc7c6c5)cc43)c2)cc1. The third kappa shape index (κ3) is 4.19. The summed E-state index contributed by atoms with van der Waals surface area (Å²) in [6, 6.07) is 65.6. The number of benzene rings is 8. The van der Waals surface area contributed by atoms with Crippen LogP contribution < -0.4 is 0 Å². The van der Waals surface area contributed by atoms with Gasteiger partial charge in [0, 0.05) is 43.7 Å². The van der Waals surface area contributed by atoms with E-state index in [9.17, 15) is 0 Å². The molecule has 238 valence electrons. The molecule has 0 N–H and O–H groups in total. The minimum Gasteiger partial charge on any atom is -0.456 e. The summed E-state index contributed by atoms with van der Waals surface area (Å²) in [7, 11) is 0. The highest BCUT2D eigenvalue weighted by molar-refractivity contribution is 6.17. The topological polar surface area (TPSA) is 23.0 Å². The second kappa shape index (κ2) is 10.8. The molecule has 0 radical (unpaired) electrons. The molecule has 0 saturated carbocycles. The molecular weight excluding hydrogens is 621 g/mol. The van der Waals surface area contributed by atoms with Crippen LogP contribution in [0.3, 0.4) is 0 Å². The van der Waals surface area contributed by atoms with E-state index < -0.39 is 0 Å². The minimum atomic E-state index is 0.902. The van der Waals surface area contributed by atoms with Gasteiger partial charge in [0.1, 0.15) is 11.2 Å². The molecule has 0 aliphatic carbocycles. The molecule has 3 aromatic heterocycles. The fourth-order valence-corrected chi connectivity index (χ4v) is 8.26. The van der Waals surface area contributed by atoms with Gasteiger partial charge in [0.25, 0.3) is 0 Å². The van der Waals surface area contributed by atoms with Crippen molar-refractivity contribution in [1.82, 2.24) is 9.13 Å². The summed E-state index contributed by atoms with van der Waals surface area (Å²) in [5, 5.41) is 7.24. The first-order valence-corrected chi connectivity index (χ1v) is 17.4. The van der Waals surface area contributed by atoms with Gasteiger partial charge in [-0.3, -0.25) is 0 Å². The summed E-state index contributed by atoms with van der Waals surface area (Å²) in [6.45, 7) is 0. The Balaban J connectivity index is 1.15. The van der Waals surface area contributed by atoms with Gasteiger partial charge in [-0.2, -0.15) is 0 Å². The summed E-state index contributed by atoms with van der Waals surface area (Å²) in [4.78, 5) is 0. The van der Waals surface area contributed by atoms with Crippen molar-refractivity contribution in [2.24, 2.45) is 0 Å². The normalized spacial score (nSPS) is 11.9. The van der Waals surface area contributed by atoms with Gasteiger partial charge in [-0.05, 0) is 82.9 Å². The Bertz CT molecular complexity index is 3140. The fourth-order valence-electron chi connectivity index (χ4n) is 8.26. The lowest BCUT2D eigenvalue weighted by Crippen LogP contribution is -1.95. The van der Waals surface area contributed by atoms with Gasteiger partial charge in [0.2, 0.25) is 0 Å². The summed E-state index contributed by atoms with van der Waals surface area (Å²) in [5.41, 5.74) is 13.7. The Kier molecular flexibility index (Phi) is 5.96. The van der Waals surface area contributed by atoms with Gasteiger partial charge in [0.15, 0.2) is 0 Å². The van der Waals surface area contributed by atoms with Crippen molar-refractivity contribution in [1.29, 1.82) is 0 Å². The molecule has 0 aliphatic heterocycles. The average Bonchev–Trinajstić information content (AvgIpc) is 3.85. The average molecular weight is 651 g/mol. The third-order valence-electron chi connectivity index (χ3n) is 10.5. The van der Waals surface area contributed by atoms with Crippen molar-refractivity contribution in [3.63, 3.8) is 0 Å². The molecule has 0 unspecified atom stereocenters. The van der Waals surface area contributed by atoms with Crippen LogP contribution in [-0.2, 0) is 0 Å². The van der Waals surface area contributed by atoms with Crippen LogP contribution >= 0.6 is 0 Å². The Hall–Kier alpha value is -6.84. The molecule has 0 bridgehead atoms. The molecule has 3 heterocycles. The van der Waals surface area contributed by atoms with E-state index in [1.54, 1.807) is 0 Å². The van der Waals surface area contributed by atoms with E-state index in [1.165, 1.54) is 65.9 Å². The molecule has 51 heavy (non-hydrogen) atoms. The van der Waals surface area contributed by atoms with Gasteiger partial charge in [0.05, 0.1) is 22.1 Å². The van der Waals surface area contributed by atoms with Crippen LogP contribution in [0, 0.1) is 0 Å². The lowest BCUT2D eigenvalue weighted by atomic mass is 9.98. The fraction of sp³-hybridized carbons (Fsp3) is 0. The lowest BCUT2D eigenvalue weighted by Gasteiger charge is -2.12. The van der Waals surface area contributed by atoms with Crippen molar-refractivity contribution in [3.05, 3.63) is 182 Å². The third-order valence-corrected chi connectivity index (χ3v) is 10.5. The highest BCUT2D eigenvalue weighted by atomic mass is 16.3. The first kappa shape index (κ1) is 28.0. The number of hydrogen-bond acceptors (Lipinski definition) is 1. The van der Waals surface area contributed by atoms with Crippen LogP contribution in [-0.4, -0.2) is 9.13 Å². The van der Waals surface area contributed by atoms with Crippen molar-refractivity contribution >= 4 is 65.6 Å². The maximum atomic E-state index is 6.19. The Morgan fingerprint density at radius 2 is 0.941 bits per heavy atom. The number of furan rings is 1. The standard InChI is InChI=1S/C48H30N2O/c1-2-12-31(13-3-1)32-14-10-15-34(28-32)50-42-20-7-4-16-37(42)38-26-24-33(29-45(38)50)36-19-11-22-44-48(36)40-18-5-8-21-43(40)49(44)35-25-27-47-41(30-35)39-17-6-9-23-46(39)51-47/h1-30H.